The van der Waals surface area contributed by atoms with Crippen LogP contribution in [0.4, 0.5) is 0 Å². The monoisotopic (exact) mass is 1370 g/mol. The van der Waals surface area contributed by atoms with E-state index >= 15 is 0 Å². The Morgan fingerprint density at radius 2 is 0.509 bits per heavy atom. The number of aromatic nitrogens is 2. The van der Waals surface area contributed by atoms with Gasteiger partial charge in [0.25, 0.3) is 0 Å². The van der Waals surface area contributed by atoms with Crippen molar-refractivity contribution in [3.63, 3.8) is 0 Å². The summed E-state index contributed by atoms with van der Waals surface area (Å²) in [7, 11) is 0. The third kappa shape index (κ3) is 9.01. The quantitative estimate of drug-likeness (QED) is 0.147. The summed E-state index contributed by atoms with van der Waals surface area (Å²) in [5, 5.41) is 23.2. The predicted octanol–water partition coefficient (Wildman–Crippen LogP) is 28.9. The predicted molar refractivity (Wildman–Crippen MR) is 461 cm³/mol. The normalized spacial score (nSPS) is 13.3. The Morgan fingerprint density at radius 1 is 0.185 bits per heavy atom. The maximum atomic E-state index is 2.49. The highest BCUT2D eigenvalue weighted by molar-refractivity contribution is 6.40. The van der Waals surface area contributed by atoms with Gasteiger partial charge in [-0.2, -0.15) is 0 Å². The van der Waals surface area contributed by atoms with Gasteiger partial charge in [0.2, 0.25) is 0 Å². The van der Waals surface area contributed by atoms with Crippen molar-refractivity contribution in [2.75, 3.05) is 0 Å². The molecule has 0 N–H and O–H groups in total. The molecular formula is C106H72N2. The molecule has 0 aliphatic heterocycles. The fourth-order valence-corrected chi connectivity index (χ4v) is 19.5. The van der Waals surface area contributed by atoms with Crippen LogP contribution in [0.2, 0.25) is 0 Å². The van der Waals surface area contributed by atoms with Crippen molar-refractivity contribution in [3.8, 4) is 78.1 Å². The van der Waals surface area contributed by atoms with Crippen molar-refractivity contribution >= 4 is 119 Å². The summed E-state index contributed by atoms with van der Waals surface area (Å²) >= 11 is 0. The first kappa shape index (κ1) is 62.0. The van der Waals surface area contributed by atoms with Gasteiger partial charge in [0, 0.05) is 65.3 Å². The minimum Gasteiger partial charge on any atom is -0.309 e. The second-order valence-electron chi connectivity index (χ2n) is 30.9. The van der Waals surface area contributed by atoms with Crippen molar-refractivity contribution in [1.29, 1.82) is 0 Å². The number of hydrogen-bond acceptors (Lipinski definition) is 0. The zero-order valence-electron chi connectivity index (χ0n) is 60.5. The van der Waals surface area contributed by atoms with E-state index in [0.29, 0.717) is 0 Å². The van der Waals surface area contributed by atoms with Gasteiger partial charge in [-0.3, -0.25) is 0 Å². The van der Waals surface area contributed by atoms with Crippen LogP contribution in [0, 0.1) is 0 Å². The van der Waals surface area contributed by atoms with Crippen LogP contribution < -0.4 is 0 Å². The maximum absolute atomic E-state index is 2.49. The van der Waals surface area contributed by atoms with E-state index in [1.807, 2.05) is 0 Å². The van der Waals surface area contributed by atoms with Crippen LogP contribution in [0.25, 0.3) is 197 Å². The summed E-state index contributed by atoms with van der Waals surface area (Å²) in [6.07, 6.45) is 0. The molecule has 2 aromatic heterocycles. The molecule has 21 aromatic rings. The highest BCUT2D eigenvalue weighted by Crippen LogP contribution is 2.56. The zero-order chi connectivity index (χ0) is 71.7. The van der Waals surface area contributed by atoms with E-state index in [9.17, 15) is 0 Å². The Hall–Kier alpha value is -13.4. The van der Waals surface area contributed by atoms with Gasteiger partial charge >= 0.3 is 0 Å². The van der Waals surface area contributed by atoms with E-state index in [2.05, 4.69) is 401 Å². The number of benzene rings is 19. The van der Waals surface area contributed by atoms with Crippen LogP contribution in [0.5, 0.6) is 0 Å². The van der Waals surface area contributed by atoms with Gasteiger partial charge in [0.05, 0.1) is 22.1 Å². The summed E-state index contributed by atoms with van der Waals surface area (Å²) in [6.45, 7) is 9.59. The topological polar surface area (TPSA) is 9.86 Å². The van der Waals surface area contributed by atoms with E-state index in [0.717, 1.165) is 0 Å². The molecule has 2 aliphatic rings. The summed E-state index contributed by atoms with van der Waals surface area (Å²) in [5.74, 6) is 0. The summed E-state index contributed by atoms with van der Waals surface area (Å²) in [4.78, 5) is 0. The molecule has 0 amide bonds. The molecule has 0 fully saturated rings. The molecule has 2 heterocycles. The van der Waals surface area contributed by atoms with Gasteiger partial charge in [0.15, 0.2) is 0 Å². The van der Waals surface area contributed by atoms with Crippen LogP contribution in [0.15, 0.2) is 364 Å². The highest BCUT2D eigenvalue weighted by Gasteiger charge is 2.38. The van der Waals surface area contributed by atoms with E-state index < -0.39 is 0 Å². The van der Waals surface area contributed by atoms with Gasteiger partial charge in [-0.15, -0.1) is 0 Å². The Kier molecular flexibility index (Phi) is 13.5. The largest absolute Gasteiger partial charge is 0.309 e. The van der Waals surface area contributed by atoms with Gasteiger partial charge in [0.1, 0.15) is 0 Å². The average molecular weight is 1370 g/mol. The second kappa shape index (κ2) is 23.6. The Bertz CT molecular complexity index is 7390. The lowest BCUT2D eigenvalue weighted by Crippen LogP contribution is -2.15. The lowest BCUT2D eigenvalue weighted by atomic mass is 9.80. The standard InChI is InChI=1S/C55H37N.C51H35N/c1-55(2)49-31-35(39-25-14-16-34-15-6-7-19-38(34)39)27-29-42(49)43-30-28-36(32-50(43)55)47-33-48-41-21-9-11-23-45(41)54-53(52(48)44-22-10-8-20-40(44)47)46-24-12-13-26-51(46)56(54)37-17-4-3-5-18-37;1-51(2)45-29-33(32-15-5-3-6-16-32)25-27-38(45)39-28-26-34(30-46(39)51)43-31-44-37-20-10-12-22-41(37)50-49(48(44)40-21-11-9-19-36(40)43)42-23-13-14-24-47(42)52(50)35-17-7-4-8-18-35/h3-33H,1-2H3;3-31H,1-2H3. The molecule has 2 aliphatic carbocycles. The number of para-hydroxylation sites is 4. The molecule has 0 saturated carbocycles. The first-order valence-electron chi connectivity index (χ1n) is 38.0. The molecule has 0 bridgehead atoms. The Morgan fingerprint density at radius 3 is 0.954 bits per heavy atom. The first-order chi connectivity index (χ1) is 53.1. The molecule has 0 spiro atoms. The number of rotatable bonds is 6. The SMILES string of the molecule is CC1(C)c2cc(-c3cccc4ccccc34)ccc2-c2ccc(-c3cc4c5ccccc5c5c(c6ccccc6n5-c5ccccc5)c4c4ccccc34)cc21.CC1(C)c2cc(-c3ccccc3)ccc2-c2ccc(-c3cc4c5ccccc5c5c(c6ccccc6n5-c5ccccc5)c4c4ccccc34)cc21. The van der Waals surface area contributed by atoms with Crippen LogP contribution in [0.1, 0.15) is 49.9 Å². The summed E-state index contributed by atoms with van der Waals surface area (Å²) < 4.78 is 4.94. The van der Waals surface area contributed by atoms with E-state index in [1.165, 1.54) is 219 Å². The maximum Gasteiger partial charge on any atom is 0.0626 e. The lowest BCUT2D eigenvalue weighted by molar-refractivity contribution is 0.660. The number of hydrogen-bond donors (Lipinski definition) is 0. The number of fused-ring (bicyclic) bond motifs is 27. The summed E-state index contributed by atoms with van der Waals surface area (Å²) in [6, 6.07) is 135. The minimum atomic E-state index is -0.161. The molecule has 108 heavy (non-hydrogen) atoms. The van der Waals surface area contributed by atoms with Crippen molar-refractivity contribution in [2.24, 2.45) is 0 Å². The molecule has 0 atom stereocenters. The summed E-state index contributed by atoms with van der Waals surface area (Å²) in [5.41, 5.74) is 28.1. The average Bonchev–Trinajstić information content (AvgIpc) is 1.48. The van der Waals surface area contributed by atoms with Crippen LogP contribution in [-0.4, -0.2) is 9.13 Å². The van der Waals surface area contributed by atoms with Crippen molar-refractivity contribution < 1.29 is 0 Å². The van der Waals surface area contributed by atoms with Crippen molar-refractivity contribution in [2.45, 2.75) is 38.5 Å². The van der Waals surface area contributed by atoms with Gasteiger partial charge < -0.3 is 9.13 Å². The second-order valence-corrected chi connectivity index (χ2v) is 30.9. The van der Waals surface area contributed by atoms with Gasteiger partial charge in [-0.1, -0.05) is 319 Å². The van der Waals surface area contributed by atoms with Crippen LogP contribution in [-0.2, 0) is 10.8 Å². The molecule has 0 saturated heterocycles. The van der Waals surface area contributed by atoms with Gasteiger partial charge in [-0.05, 0) is 216 Å². The fraction of sp³-hybridized carbons (Fsp3) is 0.0566. The molecule has 506 valence electrons. The highest BCUT2D eigenvalue weighted by atomic mass is 15.0. The van der Waals surface area contributed by atoms with E-state index in [1.54, 1.807) is 0 Å². The third-order valence-electron chi connectivity index (χ3n) is 24.5. The van der Waals surface area contributed by atoms with E-state index in [4.69, 9.17) is 0 Å². The van der Waals surface area contributed by atoms with Gasteiger partial charge in [-0.25, -0.2) is 0 Å². The fourth-order valence-electron chi connectivity index (χ4n) is 19.5. The van der Waals surface area contributed by atoms with Crippen molar-refractivity contribution in [1.82, 2.24) is 9.13 Å². The van der Waals surface area contributed by atoms with Crippen molar-refractivity contribution in [3.05, 3.63) is 386 Å². The Balaban J connectivity index is 0.000000134. The first-order valence-corrected chi connectivity index (χ1v) is 38.0. The van der Waals surface area contributed by atoms with Crippen LogP contribution >= 0.6 is 0 Å². The smallest absolute Gasteiger partial charge is 0.0626 e. The van der Waals surface area contributed by atoms with Crippen LogP contribution in [0.3, 0.4) is 0 Å². The molecule has 23 rings (SSSR count). The van der Waals surface area contributed by atoms with E-state index in [-0.39, 0.29) is 10.8 Å². The number of nitrogens with zero attached hydrogens (tertiary/aromatic N) is 2. The molecule has 2 heteroatoms. The third-order valence-corrected chi connectivity index (χ3v) is 24.5. The minimum absolute atomic E-state index is 0.129. The molecule has 19 aromatic carbocycles. The zero-order valence-corrected chi connectivity index (χ0v) is 60.5. The molecule has 0 unspecified atom stereocenters. The Labute approximate surface area is 626 Å². The molecular weight excluding hydrogens is 1300 g/mol. The molecule has 2 nitrogen and oxygen atoms in total. The lowest BCUT2D eigenvalue weighted by Gasteiger charge is -2.23. The molecule has 0 radical (unpaired) electrons.